The molecule has 0 aliphatic carbocycles. The van der Waals surface area contributed by atoms with Gasteiger partial charge in [0.05, 0.1) is 13.7 Å². The molecule has 1 aromatic rings. The van der Waals surface area contributed by atoms with Crippen molar-refractivity contribution >= 4 is 0 Å². The number of nitrogens with two attached hydrogens (primary N) is 1. The van der Waals surface area contributed by atoms with Gasteiger partial charge in [-0.3, -0.25) is 0 Å². The molecular formula is C11H17NO2. The van der Waals surface area contributed by atoms with E-state index < -0.39 is 5.54 Å². The number of aliphatic hydroxyl groups excluding tert-OH is 1. The van der Waals surface area contributed by atoms with E-state index in [9.17, 15) is 0 Å². The van der Waals surface area contributed by atoms with Gasteiger partial charge in [0.2, 0.25) is 0 Å². The van der Waals surface area contributed by atoms with E-state index in [1.54, 1.807) is 7.11 Å². The SMILES string of the molecule is COc1ccc(C[C@](C)(N)CO)cc1. The van der Waals surface area contributed by atoms with Gasteiger partial charge in [0.1, 0.15) is 5.75 Å². The van der Waals surface area contributed by atoms with Crippen molar-refractivity contribution < 1.29 is 9.84 Å². The summed E-state index contributed by atoms with van der Waals surface area (Å²) in [6.07, 6.45) is 0.660. The average molecular weight is 195 g/mol. The van der Waals surface area contributed by atoms with Gasteiger partial charge >= 0.3 is 0 Å². The molecule has 0 bridgehead atoms. The first-order valence-corrected chi connectivity index (χ1v) is 4.60. The summed E-state index contributed by atoms with van der Waals surface area (Å²) in [6.45, 7) is 1.82. The van der Waals surface area contributed by atoms with Crippen LogP contribution in [0.2, 0.25) is 0 Å². The molecule has 0 fully saturated rings. The van der Waals surface area contributed by atoms with Crippen molar-refractivity contribution in [3.8, 4) is 5.75 Å². The van der Waals surface area contributed by atoms with E-state index >= 15 is 0 Å². The Hall–Kier alpha value is -1.06. The summed E-state index contributed by atoms with van der Waals surface area (Å²) in [5.74, 6) is 0.830. The van der Waals surface area contributed by atoms with Crippen LogP contribution in [0, 0.1) is 0 Å². The van der Waals surface area contributed by atoms with Crippen molar-refractivity contribution in [3.63, 3.8) is 0 Å². The molecule has 0 aliphatic heterocycles. The number of methoxy groups -OCH3 is 1. The van der Waals surface area contributed by atoms with E-state index in [0.717, 1.165) is 11.3 Å². The maximum absolute atomic E-state index is 9.01. The van der Waals surface area contributed by atoms with E-state index in [1.807, 2.05) is 31.2 Å². The fourth-order valence-corrected chi connectivity index (χ4v) is 1.27. The molecule has 0 saturated heterocycles. The van der Waals surface area contributed by atoms with Gasteiger partial charge in [0, 0.05) is 5.54 Å². The summed E-state index contributed by atoms with van der Waals surface area (Å²) < 4.78 is 5.04. The second kappa shape index (κ2) is 4.44. The highest BCUT2D eigenvalue weighted by Crippen LogP contribution is 2.15. The second-order valence-corrected chi connectivity index (χ2v) is 3.84. The molecule has 0 amide bonds. The van der Waals surface area contributed by atoms with Gasteiger partial charge in [0.15, 0.2) is 0 Å². The highest BCUT2D eigenvalue weighted by molar-refractivity contribution is 5.28. The Morgan fingerprint density at radius 3 is 2.36 bits per heavy atom. The van der Waals surface area contributed by atoms with Crippen LogP contribution < -0.4 is 10.5 Å². The number of benzene rings is 1. The topological polar surface area (TPSA) is 55.5 Å². The molecule has 14 heavy (non-hydrogen) atoms. The normalized spacial score (nSPS) is 14.9. The Morgan fingerprint density at radius 1 is 1.36 bits per heavy atom. The summed E-state index contributed by atoms with van der Waals surface area (Å²) in [4.78, 5) is 0. The quantitative estimate of drug-likeness (QED) is 0.752. The van der Waals surface area contributed by atoms with E-state index in [-0.39, 0.29) is 6.61 Å². The summed E-state index contributed by atoms with van der Waals surface area (Å²) in [5, 5.41) is 9.01. The predicted octanol–water partition coefficient (Wildman–Crippen LogP) is 0.947. The molecule has 0 saturated carbocycles. The lowest BCUT2D eigenvalue weighted by molar-refractivity contribution is 0.208. The Morgan fingerprint density at radius 2 is 1.93 bits per heavy atom. The molecule has 0 radical (unpaired) electrons. The van der Waals surface area contributed by atoms with Crippen molar-refractivity contribution in [1.29, 1.82) is 0 Å². The van der Waals surface area contributed by atoms with Crippen LogP contribution in [0.15, 0.2) is 24.3 Å². The van der Waals surface area contributed by atoms with Crippen LogP contribution in [0.3, 0.4) is 0 Å². The minimum atomic E-state index is -0.547. The first-order chi connectivity index (χ1) is 6.57. The molecule has 0 spiro atoms. The molecular weight excluding hydrogens is 178 g/mol. The lowest BCUT2D eigenvalue weighted by Gasteiger charge is -2.21. The van der Waals surface area contributed by atoms with Gasteiger partial charge in [0.25, 0.3) is 0 Å². The van der Waals surface area contributed by atoms with Gasteiger partial charge in [-0.15, -0.1) is 0 Å². The Balaban J connectivity index is 2.69. The van der Waals surface area contributed by atoms with Gasteiger partial charge in [-0.1, -0.05) is 12.1 Å². The van der Waals surface area contributed by atoms with Gasteiger partial charge in [-0.05, 0) is 31.0 Å². The number of aliphatic hydroxyl groups is 1. The van der Waals surface area contributed by atoms with Crippen molar-refractivity contribution in [2.45, 2.75) is 18.9 Å². The van der Waals surface area contributed by atoms with Gasteiger partial charge < -0.3 is 15.6 Å². The maximum Gasteiger partial charge on any atom is 0.118 e. The van der Waals surface area contributed by atoms with Gasteiger partial charge in [-0.25, -0.2) is 0 Å². The third-order valence-electron chi connectivity index (χ3n) is 2.13. The standard InChI is InChI=1S/C11H17NO2/c1-11(12,8-13)7-9-3-5-10(14-2)6-4-9/h3-6,13H,7-8,12H2,1-2H3/t11-/m0/s1. The summed E-state index contributed by atoms with van der Waals surface area (Å²) >= 11 is 0. The van der Waals surface area contributed by atoms with Crippen LogP contribution in [0.5, 0.6) is 5.75 Å². The smallest absolute Gasteiger partial charge is 0.118 e. The summed E-state index contributed by atoms with van der Waals surface area (Å²) in [6, 6.07) is 7.70. The average Bonchev–Trinajstić information content (AvgIpc) is 2.19. The highest BCUT2D eigenvalue weighted by Gasteiger charge is 2.17. The molecule has 0 heterocycles. The Labute approximate surface area is 84.5 Å². The van der Waals surface area contributed by atoms with Crippen LogP contribution in [0.1, 0.15) is 12.5 Å². The van der Waals surface area contributed by atoms with Gasteiger partial charge in [-0.2, -0.15) is 0 Å². The van der Waals surface area contributed by atoms with Crippen molar-refractivity contribution in [1.82, 2.24) is 0 Å². The van der Waals surface area contributed by atoms with E-state index in [2.05, 4.69) is 0 Å². The number of ether oxygens (including phenoxy) is 1. The Bertz CT molecular complexity index is 280. The molecule has 0 unspecified atom stereocenters. The fraction of sp³-hybridized carbons (Fsp3) is 0.455. The van der Waals surface area contributed by atoms with Crippen molar-refractivity contribution in [2.75, 3.05) is 13.7 Å². The second-order valence-electron chi connectivity index (χ2n) is 3.84. The lowest BCUT2D eigenvalue weighted by atomic mass is 9.95. The maximum atomic E-state index is 9.01. The molecule has 3 heteroatoms. The summed E-state index contributed by atoms with van der Waals surface area (Å²) in [5.41, 5.74) is 6.39. The molecule has 1 aromatic carbocycles. The monoisotopic (exact) mass is 195 g/mol. The lowest BCUT2D eigenvalue weighted by Crippen LogP contribution is -2.42. The van der Waals surface area contributed by atoms with Crippen LogP contribution in [0.25, 0.3) is 0 Å². The zero-order valence-corrected chi connectivity index (χ0v) is 8.66. The highest BCUT2D eigenvalue weighted by atomic mass is 16.5. The molecule has 0 aliphatic rings. The first kappa shape index (κ1) is 11.0. The van der Waals surface area contributed by atoms with E-state index in [0.29, 0.717) is 6.42 Å². The van der Waals surface area contributed by atoms with Crippen LogP contribution in [-0.4, -0.2) is 24.4 Å². The molecule has 1 rings (SSSR count). The fourth-order valence-electron chi connectivity index (χ4n) is 1.27. The number of hydrogen-bond acceptors (Lipinski definition) is 3. The number of hydrogen-bond donors (Lipinski definition) is 2. The zero-order chi connectivity index (χ0) is 10.6. The van der Waals surface area contributed by atoms with Crippen LogP contribution in [0.4, 0.5) is 0 Å². The Kier molecular flexibility index (Phi) is 3.49. The van der Waals surface area contributed by atoms with E-state index in [1.165, 1.54) is 0 Å². The molecule has 0 aromatic heterocycles. The predicted molar refractivity (Wildman–Crippen MR) is 56.4 cm³/mol. The molecule has 3 N–H and O–H groups in total. The van der Waals surface area contributed by atoms with Crippen molar-refractivity contribution in [3.05, 3.63) is 29.8 Å². The minimum Gasteiger partial charge on any atom is -0.497 e. The van der Waals surface area contributed by atoms with Crippen LogP contribution in [-0.2, 0) is 6.42 Å². The number of rotatable bonds is 4. The van der Waals surface area contributed by atoms with Crippen molar-refractivity contribution in [2.24, 2.45) is 5.73 Å². The third kappa shape index (κ3) is 3.01. The molecule has 1 atom stereocenters. The summed E-state index contributed by atoms with van der Waals surface area (Å²) in [7, 11) is 1.63. The minimum absolute atomic E-state index is 0.0149. The zero-order valence-electron chi connectivity index (χ0n) is 8.66. The largest absolute Gasteiger partial charge is 0.497 e. The first-order valence-electron chi connectivity index (χ1n) is 4.60. The van der Waals surface area contributed by atoms with Crippen LogP contribution >= 0.6 is 0 Å². The third-order valence-corrected chi connectivity index (χ3v) is 2.13. The molecule has 3 nitrogen and oxygen atoms in total. The van der Waals surface area contributed by atoms with E-state index in [4.69, 9.17) is 15.6 Å². The molecule has 78 valence electrons.